The highest BCUT2D eigenvalue weighted by atomic mass is 32.1. The fourth-order valence-electron chi connectivity index (χ4n) is 3.01. The first-order chi connectivity index (χ1) is 11.5. The highest BCUT2D eigenvalue weighted by molar-refractivity contribution is 7.17. The molecule has 126 valence electrons. The van der Waals surface area contributed by atoms with E-state index >= 15 is 0 Å². The Bertz CT molecular complexity index is 814. The molecule has 3 aromatic rings. The van der Waals surface area contributed by atoms with Gasteiger partial charge in [0.2, 0.25) is 0 Å². The van der Waals surface area contributed by atoms with Gasteiger partial charge in [-0.05, 0) is 43.7 Å². The number of hydrogen-bond donors (Lipinski definition) is 2. The maximum absolute atomic E-state index is 9.86. The number of hydrogen-bond acceptors (Lipinski definition) is 5. The Morgan fingerprint density at radius 3 is 2.62 bits per heavy atom. The SMILES string of the molecule is Cc1nc(NCC(CC(C)O)c2ccccc2)c2c(C)csc2n1. The molecule has 0 amide bonds. The predicted octanol–water partition coefficient (Wildman–Crippen LogP) is 4.27. The average molecular weight is 341 g/mol. The van der Waals surface area contributed by atoms with E-state index in [9.17, 15) is 5.11 Å². The van der Waals surface area contributed by atoms with Crippen molar-refractivity contribution in [2.75, 3.05) is 11.9 Å². The van der Waals surface area contributed by atoms with Crippen LogP contribution in [0.15, 0.2) is 35.7 Å². The second kappa shape index (κ2) is 7.28. The number of aliphatic hydroxyl groups is 1. The minimum absolute atomic E-state index is 0.232. The molecule has 24 heavy (non-hydrogen) atoms. The highest BCUT2D eigenvalue weighted by Crippen LogP contribution is 2.30. The molecule has 0 aliphatic carbocycles. The van der Waals surface area contributed by atoms with Crippen LogP contribution in [-0.2, 0) is 0 Å². The first-order valence-corrected chi connectivity index (χ1v) is 9.12. The van der Waals surface area contributed by atoms with Gasteiger partial charge in [-0.15, -0.1) is 11.3 Å². The number of rotatable bonds is 6. The van der Waals surface area contributed by atoms with E-state index in [0.717, 1.165) is 28.4 Å². The molecule has 0 aliphatic heterocycles. The molecule has 0 spiro atoms. The summed E-state index contributed by atoms with van der Waals surface area (Å²) in [5, 5.41) is 16.6. The number of fused-ring (bicyclic) bond motifs is 1. The third-order valence-electron chi connectivity index (χ3n) is 4.14. The molecular formula is C19H23N3OS. The maximum Gasteiger partial charge on any atom is 0.138 e. The van der Waals surface area contributed by atoms with Crippen LogP contribution in [0.2, 0.25) is 0 Å². The number of aromatic nitrogens is 2. The number of benzene rings is 1. The molecule has 1 aromatic carbocycles. The second-order valence-corrected chi connectivity index (χ2v) is 7.15. The van der Waals surface area contributed by atoms with Gasteiger partial charge in [0.05, 0.1) is 11.5 Å². The lowest BCUT2D eigenvalue weighted by atomic mass is 9.93. The van der Waals surface area contributed by atoms with Crippen molar-refractivity contribution in [3.63, 3.8) is 0 Å². The zero-order chi connectivity index (χ0) is 17.1. The van der Waals surface area contributed by atoms with Crippen molar-refractivity contribution in [1.82, 2.24) is 9.97 Å². The van der Waals surface area contributed by atoms with E-state index < -0.39 is 0 Å². The van der Waals surface area contributed by atoms with Crippen molar-refractivity contribution in [1.29, 1.82) is 0 Å². The van der Waals surface area contributed by atoms with Crippen LogP contribution in [0, 0.1) is 13.8 Å². The first-order valence-electron chi connectivity index (χ1n) is 8.24. The molecule has 2 aromatic heterocycles. The summed E-state index contributed by atoms with van der Waals surface area (Å²) in [7, 11) is 0. The van der Waals surface area contributed by atoms with Crippen LogP contribution in [0.1, 0.15) is 36.2 Å². The van der Waals surface area contributed by atoms with E-state index in [1.807, 2.05) is 32.0 Å². The lowest BCUT2D eigenvalue weighted by Crippen LogP contribution is -2.18. The van der Waals surface area contributed by atoms with Crippen LogP contribution >= 0.6 is 11.3 Å². The number of nitrogens with zero attached hydrogens (tertiary/aromatic N) is 2. The standard InChI is InChI=1S/C19H23N3OS/c1-12-11-24-19-17(12)18(21-14(3)22-19)20-10-16(9-13(2)23)15-7-5-4-6-8-15/h4-8,11,13,16,23H,9-10H2,1-3H3,(H,20,21,22). The zero-order valence-corrected chi connectivity index (χ0v) is 15.1. The quantitative estimate of drug-likeness (QED) is 0.703. The summed E-state index contributed by atoms with van der Waals surface area (Å²) >= 11 is 1.65. The van der Waals surface area contributed by atoms with Crippen LogP contribution in [0.5, 0.6) is 0 Å². The summed E-state index contributed by atoms with van der Waals surface area (Å²) in [5.74, 6) is 1.90. The molecule has 0 aliphatic rings. The topological polar surface area (TPSA) is 58.0 Å². The van der Waals surface area contributed by atoms with Crippen LogP contribution in [0.3, 0.4) is 0 Å². The van der Waals surface area contributed by atoms with E-state index in [1.165, 1.54) is 11.1 Å². The first kappa shape index (κ1) is 16.9. The van der Waals surface area contributed by atoms with Gasteiger partial charge >= 0.3 is 0 Å². The molecule has 0 fully saturated rings. The van der Waals surface area contributed by atoms with E-state index in [-0.39, 0.29) is 12.0 Å². The van der Waals surface area contributed by atoms with Gasteiger partial charge in [-0.3, -0.25) is 0 Å². The average Bonchev–Trinajstić information content (AvgIpc) is 2.92. The molecule has 5 heteroatoms. The number of nitrogens with one attached hydrogen (secondary N) is 1. The van der Waals surface area contributed by atoms with Gasteiger partial charge in [-0.25, -0.2) is 9.97 Å². The highest BCUT2D eigenvalue weighted by Gasteiger charge is 2.16. The van der Waals surface area contributed by atoms with Gasteiger partial charge in [0.1, 0.15) is 16.5 Å². The summed E-state index contributed by atoms with van der Waals surface area (Å²) in [6.07, 6.45) is 0.374. The Labute approximate surface area is 146 Å². The van der Waals surface area contributed by atoms with Crippen LogP contribution in [0.25, 0.3) is 10.2 Å². The van der Waals surface area contributed by atoms with Crippen LogP contribution in [0.4, 0.5) is 5.82 Å². The van der Waals surface area contributed by atoms with Gasteiger partial charge in [0, 0.05) is 12.5 Å². The van der Waals surface area contributed by atoms with E-state index in [2.05, 4.69) is 39.7 Å². The molecule has 2 unspecified atom stereocenters. The lowest BCUT2D eigenvalue weighted by Gasteiger charge is -2.20. The number of anilines is 1. The normalized spacial score (nSPS) is 13.8. The molecule has 2 heterocycles. The molecule has 3 rings (SSSR count). The van der Waals surface area contributed by atoms with Gasteiger partial charge in [0.15, 0.2) is 0 Å². The van der Waals surface area contributed by atoms with Crippen LogP contribution in [-0.4, -0.2) is 27.7 Å². The van der Waals surface area contributed by atoms with Gasteiger partial charge in [0.25, 0.3) is 0 Å². The Morgan fingerprint density at radius 1 is 1.17 bits per heavy atom. The lowest BCUT2D eigenvalue weighted by molar-refractivity contribution is 0.175. The number of aryl methyl sites for hydroxylation is 2. The van der Waals surface area contributed by atoms with E-state index in [0.29, 0.717) is 6.42 Å². The summed E-state index contributed by atoms with van der Waals surface area (Å²) in [5.41, 5.74) is 2.43. The van der Waals surface area contributed by atoms with E-state index in [4.69, 9.17) is 0 Å². The van der Waals surface area contributed by atoms with Crippen molar-refractivity contribution in [3.8, 4) is 0 Å². The van der Waals surface area contributed by atoms with E-state index in [1.54, 1.807) is 11.3 Å². The minimum Gasteiger partial charge on any atom is -0.393 e. The largest absolute Gasteiger partial charge is 0.393 e. The third-order valence-corrected chi connectivity index (χ3v) is 5.13. The van der Waals surface area contributed by atoms with Crippen molar-refractivity contribution in [2.45, 2.75) is 39.2 Å². The number of aliphatic hydroxyl groups excluding tert-OH is 1. The van der Waals surface area contributed by atoms with Gasteiger partial charge in [-0.1, -0.05) is 30.3 Å². The Hall–Kier alpha value is -1.98. The van der Waals surface area contributed by atoms with Crippen LogP contribution < -0.4 is 5.32 Å². The monoisotopic (exact) mass is 341 g/mol. The molecule has 2 atom stereocenters. The van der Waals surface area contributed by atoms with Gasteiger partial charge < -0.3 is 10.4 Å². The Balaban J connectivity index is 1.86. The molecule has 0 radical (unpaired) electrons. The molecular weight excluding hydrogens is 318 g/mol. The smallest absolute Gasteiger partial charge is 0.138 e. The third kappa shape index (κ3) is 3.74. The fourth-order valence-corrected chi connectivity index (χ4v) is 3.98. The van der Waals surface area contributed by atoms with Crippen molar-refractivity contribution in [2.24, 2.45) is 0 Å². The van der Waals surface area contributed by atoms with Gasteiger partial charge in [-0.2, -0.15) is 0 Å². The molecule has 4 nitrogen and oxygen atoms in total. The Morgan fingerprint density at radius 2 is 1.92 bits per heavy atom. The fraction of sp³-hybridized carbons (Fsp3) is 0.368. The summed E-state index contributed by atoms with van der Waals surface area (Å²) in [6.45, 7) is 6.58. The molecule has 2 N–H and O–H groups in total. The predicted molar refractivity (Wildman–Crippen MR) is 101 cm³/mol. The minimum atomic E-state index is -0.341. The van der Waals surface area contributed by atoms with Crippen molar-refractivity contribution < 1.29 is 5.11 Å². The van der Waals surface area contributed by atoms with Crippen molar-refractivity contribution >= 4 is 27.4 Å². The summed E-state index contributed by atoms with van der Waals surface area (Å²) in [6, 6.07) is 10.3. The molecule has 0 bridgehead atoms. The molecule has 0 saturated heterocycles. The number of thiophene rings is 1. The van der Waals surface area contributed by atoms with Crippen molar-refractivity contribution in [3.05, 3.63) is 52.7 Å². The zero-order valence-electron chi connectivity index (χ0n) is 14.3. The Kier molecular flexibility index (Phi) is 5.11. The molecule has 0 saturated carbocycles. The summed E-state index contributed by atoms with van der Waals surface area (Å²) in [4.78, 5) is 10.1. The maximum atomic E-state index is 9.86. The second-order valence-electron chi connectivity index (χ2n) is 6.29. The summed E-state index contributed by atoms with van der Waals surface area (Å²) < 4.78 is 0.